The number of amides is 2. The molecule has 0 spiro atoms. The molecule has 1 aromatic carbocycles. The summed E-state index contributed by atoms with van der Waals surface area (Å²) in [6.07, 6.45) is 0. The topological polar surface area (TPSA) is 56.3 Å². The van der Waals surface area contributed by atoms with E-state index in [1.807, 2.05) is 28.9 Å². The molecule has 0 N–H and O–H groups in total. The summed E-state index contributed by atoms with van der Waals surface area (Å²) in [4.78, 5) is 32.6. The summed E-state index contributed by atoms with van der Waals surface area (Å²) in [5.74, 6) is 1.13. The van der Waals surface area contributed by atoms with E-state index in [9.17, 15) is 9.59 Å². The van der Waals surface area contributed by atoms with Crippen LogP contribution in [0, 0.1) is 0 Å². The number of nitrogens with zero attached hydrogens (tertiary/aromatic N) is 4. The van der Waals surface area contributed by atoms with Crippen molar-refractivity contribution >= 4 is 17.5 Å². The molecule has 1 unspecified atom stereocenters. The second kappa shape index (κ2) is 8.61. The van der Waals surface area contributed by atoms with Crippen molar-refractivity contribution in [2.75, 3.05) is 64.4 Å². The van der Waals surface area contributed by atoms with Crippen molar-refractivity contribution in [1.29, 1.82) is 0 Å². The van der Waals surface area contributed by atoms with Gasteiger partial charge in [0.1, 0.15) is 5.75 Å². The molecule has 148 valence electrons. The maximum atomic E-state index is 12.8. The minimum Gasteiger partial charge on any atom is -0.497 e. The fraction of sp³-hybridized carbons (Fsp3) is 0.600. The highest BCUT2D eigenvalue weighted by Crippen LogP contribution is 2.21. The molecule has 7 heteroatoms. The van der Waals surface area contributed by atoms with Gasteiger partial charge in [0.25, 0.3) is 0 Å². The number of hydrogen-bond donors (Lipinski definition) is 0. The molecular weight excluding hydrogens is 344 g/mol. The van der Waals surface area contributed by atoms with Crippen molar-refractivity contribution in [2.45, 2.75) is 19.9 Å². The lowest BCUT2D eigenvalue weighted by molar-refractivity contribution is -0.142. The molecule has 2 aliphatic heterocycles. The first-order valence-electron chi connectivity index (χ1n) is 9.67. The third kappa shape index (κ3) is 4.53. The molecule has 2 amide bonds. The number of rotatable bonds is 4. The van der Waals surface area contributed by atoms with Gasteiger partial charge in [-0.25, -0.2) is 0 Å². The highest BCUT2D eigenvalue weighted by atomic mass is 16.5. The van der Waals surface area contributed by atoms with Crippen LogP contribution in [0.5, 0.6) is 5.75 Å². The van der Waals surface area contributed by atoms with Crippen LogP contribution in [0.1, 0.15) is 13.8 Å². The van der Waals surface area contributed by atoms with E-state index in [2.05, 4.69) is 21.9 Å². The summed E-state index contributed by atoms with van der Waals surface area (Å²) in [6, 6.07) is 8.00. The highest BCUT2D eigenvalue weighted by molar-refractivity contribution is 5.82. The van der Waals surface area contributed by atoms with Gasteiger partial charge in [0, 0.05) is 65.0 Å². The van der Waals surface area contributed by atoms with Crippen LogP contribution in [0.15, 0.2) is 24.3 Å². The lowest BCUT2D eigenvalue weighted by atomic mass is 10.1. The SMILES string of the molecule is COc1ccc(N2CCN(C(C)C(=O)N3CCN(C(C)=O)CC3)CC2)cc1. The molecule has 0 aromatic heterocycles. The summed E-state index contributed by atoms with van der Waals surface area (Å²) < 4.78 is 5.22. The Bertz CT molecular complexity index is 648. The van der Waals surface area contributed by atoms with Gasteiger partial charge in [-0.1, -0.05) is 0 Å². The van der Waals surface area contributed by atoms with E-state index >= 15 is 0 Å². The smallest absolute Gasteiger partial charge is 0.239 e. The Morgan fingerprint density at radius 2 is 1.44 bits per heavy atom. The average molecular weight is 374 g/mol. The first-order chi connectivity index (χ1) is 13.0. The van der Waals surface area contributed by atoms with Gasteiger partial charge < -0.3 is 19.4 Å². The number of piperazine rings is 2. The number of benzene rings is 1. The Hall–Kier alpha value is -2.28. The number of anilines is 1. The van der Waals surface area contributed by atoms with E-state index in [0.29, 0.717) is 26.2 Å². The quantitative estimate of drug-likeness (QED) is 0.784. The number of hydrogen-bond acceptors (Lipinski definition) is 5. The van der Waals surface area contributed by atoms with Gasteiger partial charge in [-0.3, -0.25) is 14.5 Å². The maximum absolute atomic E-state index is 12.8. The molecule has 2 saturated heterocycles. The molecule has 2 heterocycles. The third-order valence-electron chi connectivity index (χ3n) is 5.69. The molecule has 2 fully saturated rings. The Labute approximate surface area is 161 Å². The van der Waals surface area contributed by atoms with E-state index in [1.54, 1.807) is 14.0 Å². The molecular formula is C20H30N4O3. The van der Waals surface area contributed by atoms with Gasteiger partial charge >= 0.3 is 0 Å². The lowest BCUT2D eigenvalue weighted by Crippen LogP contribution is -2.57. The van der Waals surface area contributed by atoms with Gasteiger partial charge in [0.15, 0.2) is 0 Å². The first-order valence-corrected chi connectivity index (χ1v) is 9.67. The zero-order valence-corrected chi connectivity index (χ0v) is 16.6. The van der Waals surface area contributed by atoms with Gasteiger partial charge in [0.2, 0.25) is 11.8 Å². The lowest BCUT2D eigenvalue weighted by Gasteiger charge is -2.41. The van der Waals surface area contributed by atoms with Crippen molar-refractivity contribution in [3.05, 3.63) is 24.3 Å². The first kappa shape index (κ1) is 19.5. The second-order valence-corrected chi connectivity index (χ2v) is 7.23. The fourth-order valence-corrected chi connectivity index (χ4v) is 3.82. The molecule has 0 radical (unpaired) electrons. The van der Waals surface area contributed by atoms with Crippen LogP contribution in [0.25, 0.3) is 0 Å². The molecule has 3 rings (SSSR count). The van der Waals surface area contributed by atoms with Gasteiger partial charge in [-0.05, 0) is 31.2 Å². The van der Waals surface area contributed by atoms with E-state index in [-0.39, 0.29) is 17.9 Å². The van der Waals surface area contributed by atoms with Crippen molar-refractivity contribution in [2.24, 2.45) is 0 Å². The van der Waals surface area contributed by atoms with Crippen LogP contribution < -0.4 is 9.64 Å². The van der Waals surface area contributed by atoms with E-state index in [4.69, 9.17) is 4.74 Å². The number of ether oxygens (including phenoxy) is 1. The van der Waals surface area contributed by atoms with Crippen LogP contribution in [0.3, 0.4) is 0 Å². The summed E-state index contributed by atoms with van der Waals surface area (Å²) in [5.41, 5.74) is 1.19. The summed E-state index contributed by atoms with van der Waals surface area (Å²) in [5, 5.41) is 0. The average Bonchev–Trinajstić information content (AvgIpc) is 2.73. The predicted octanol–water partition coefficient (Wildman–Crippen LogP) is 0.896. The Balaban J connectivity index is 1.49. The molecule has 1 atom stereocenters. The van der Waals surface area contributed by atoms with Crippen molar-refractivity contribution in [3.63, 3.8) is 0 Å². The predicted molar refractivity (Wildman–Crippen MR) is 105 cm³/mol. The van der Waals surface area contributed by atoms with Gasteiger partial charge in [-0.15, -0.1) is 0 Å². The Morgan fingerprint density at radius 1 is 0.889 bits per heavy atom. The standard InChI is InChI=1S/C20H30N4O3/c1-16(20(26)24-14-10-22(11-15-24)17(2)25)21-8-12-23(13-9-21)18-4-6-19(27-3)7-5-18/h4-7,16H,8-15H2,1-3H3. The molecule has 27 heavy (non-hydrogen) atoms. The number of methoxy groups -OCH3 is 1. The number of carbonyl (C=O) groups is 2. The van der Waals surface area contributed by atoms with E-state index < -0.39 is 0 Å². The molecule has 1 aromatic rings. The van der Waals surface area contributed by atoms with Crippen molar-refractivity contribution in [1.82, 2.24) is 14.7 Å². The molecule has 7 nitrogen and oxygen atoms in total. The van der Waals surface area contributed by atoms with Crippen LogP contribution in [-0.4, -0.2) is 92.0 Å². The summed E-state index contributed by atoms with van der Waals surface area (Å²) in [7, 11) is 1.67. The fourth-order valence-electron chi connectivity index (χ4n) is 3.82. The van der Waals surface area contributed by atoms with Crippen LogP contribution in [-0.2, 0) is 9.59 Å². The largest absolute Gasteiger partial charge is 0.497 e. The van der Waals surface area contributed by atoms with Crippen molar-refractivity contribution in [3.8, 4) is 5.75 Å². The molecule has 0 saturated carbocycles. The third-order valence-corrected chi connectivity index (χ3v) is 5.69. The van der Waals surface area contributed by atoms with E-state index in [0.717, 1.165) is 31.9 Å². The summed E-state index contributed by atoms with van der Waals surface area (Å²) in [6.45, 7) is 9.68. The normalized spacial score (nSPS) is 19.7. The zero-order chi connectivity index (χ0) is 19.4. The minimum absolute atomic E-state index is 0.0878. The Kier molecular flexibility index (Phi) is 6.21. The van der Waals surface area contributed by atoms with Crippen LogP contribution in [0.2, 0.25) is 0 Å². The Morgan fingerprint density at radius 3 is 1.96 bits per heavy atom. The minimum atomic E-state index is -0.119. The van der Waals surface area contributed by atoms with Crippen LogP contribution in [0.4, 0.5) is 5.69 Å². The highest BCUT2D eigenvalue weighted by Gasteiger charge is 2.30. The van der Waals surface area contributed by atoms with E-state index in [1.165, 1.54) is 5.69 Å². The van der Waals surface area contributed by atoms with Crippen LogP contribution >= 0.6 is 0 Å². The summed E-state index contributed by atoms with van der Waals surface area (Å²) >= 11 is 0. The zero-order valence-electron chi connectivity index (χ0n) is 16.6. The molecule has 0 bridgehead atoms. The van der Waals surface area contributed by atoms with Crippen molar-refractivity contribution < 1.29 is 14.3 Å². The number of carbonyl (C=O) groups excluding carboxylic acids is 2. The molecule has 2 aliphatic rings. The van der Waals surface area contributed by atoms with Gasteiger partial charge in [0.05, 0.1) is 13.2 Å². The van der Waals surface area contributed by atoms with Gasteiger partial charge in [-0.2, -0.15) is 0 Å². The monoisotopic (exact) mass is 374 g/mol. The maximum Gasteiger partial charge on any atom is 0.239 e. The molecule has 0 aliphatic carbocycles. The second-order valence-electron chi connectivity index (χ2n) is 7.23.